The highest BCUT2D eigenvalue weighted by molar-refractivity contribution is 5.95. The highest BCUT2D eigenvalue weighted by atomic mass is 19.2. The van der Waals surface area contributed by atoms with Crippen LogP contribution in [-0.2, 0) is 0 Å². The Bertz CT molecular complexity index is 558. The fourth-order valence-corrected chi connectivity index (χ4v) is 2.67. The molecule has 1 amide bonds. The van der Waals surface area contributed by atoms with E-state index in [0.29, 0.717) is 18.9 Å². The summed E-state index contributed by atoms with van der Waals surface area (Å²) in [5, 5.41) is 11.8. The Labute approximate surface area is 120 Å². The lowest BCUT2D eigenvalue weighted by Gasteiger charge is -2.37. The van der Waals surface area contributed by atoms with Gasteiger partial charge in [-0.2, -0.15) is 4.39 Å². The quantitative estimate of drug-likeness (QED) is 0.749. The normalized spacial score (nSPS) is 17.5. The maximum absolute atomic E-state index is 13.7. The van der Waals surface area contributed by atoms with Crippen molar-refractivity contribution in [2.45, 2.75) is 37.6 Å². The molecule has 4 nitrogen and oxygen atoms in total. The number of carbonyl (C=O) groups excluding carboxylic acids is 1. The minimum Gasteiger partial charge on any atom is -0.503 e. The second kappa shape index (κ2) is 5.93. The van der Waals surface area contributed by atoms with Gasteiger partial charge >= 0.3 is 0 Å². The highest BCUT2D eigenvalue weighted by Gasteiger charge is 2.34. The Morgan fingerprint density at radius 1 is 1.24 bits per heavy atom. The van der Waals surface area contributed by atoms with Crippen molar-refractivity contribution >= 4 is 5.91 Å². The molecular weight excluding hydrogens is 285 g/mol. The molecule has 0 aliphatic heterocycles. The third-order valence-electron chi connectivity index (χ3n) is 3.96. The number of nitrogens with two attached hydrogens (primary N) is 1. The minimum atomic E-state index is -1.71. The molecule has 1 aliphatic rings. The van der Waals surface area contributed by atoms with Gasteiger partial charge in [0, 0.05) is 6.54 Å². The molecule has 1 saturated carbocycles. The summed E-state index contributed by atoms with van der Waals surface area (Å²) in [7, 11) is 0. The molecule has 0 saturated heterocycles. The van der Waals surface area contributed by atoms with Gasteiger partial charge in [0.25, 0.3) is 5.91 Å². The third-order valence-corrected chi connectivity index (χ3v) is 3.96. The summed E-state index contributed by atoms with van der Waals surface area (Å²) in [5.74, 6) is -7.08. The molecule has 0 bridgehead atoms. The van der Waals surface area contributed by atoms with E-state index in [4.69, 9.17) is 10.8 Å². The molecule has 1 fully saturated rings. The number of hydrogen-bond acceptors (Lipinski definition) is 3. The van der Waals surface area contributed by atoms with E-state index in [2.05, 4.69) is 5.32 Å². The van der Waals surface area contributed by atoms with E-state index in [1.807, 2.05) is 0 Å². The molecule has 2 rings (SSSR count). The van der Waals surface area contributed by atoms with Crippen LogP contribution >= 0.6 is 0 Å². The Morgan fingerprint density at radius 3 is 2.43 bits per heavy atom. The number of halogens is 3. The van der Waals surface area contributed by atoms with Crippen molar-refractivity contribution in [2.24, 2.45) is 5.73 Å². The van der Waals surface area contributed by atoms with Gasteiger partial charge in [-0.3, -0.25) is 4.79 Å². The fourth-order valence-electron chi connectivity index (χ4n) is 2.67. The number of rotatable bonds is 3. The first-order chi connectivity index (χ1) is 9.90. The van der Waals surface area contributed by atoms with E-state index < -0.39 is 40.2 Å². The molecule has 0 aromatic heterocycles. The molecule has 0 heterocycles. The molecule has 0 spiro atoms. The van der Waals surface area contributed by atoms with Crippen molar-refractivity contribution in [3.8, 4) is 5.75 Å². The SMILES string of the molecule is NCC1(NC(=O)c2cc(F)c(F)c(O)c2F)CCCCC1. The van der Waals surface area contributed by atoms with E-state index in [1.54, 1.807) is 0 Å². The molecule has 1 aromatic rings. The molecule has 4 N–H and O–H groups in total. The number of aromatic hydroxyl groups is 1. The van der Waals surface area contributed by atoms with Gasteiger partial charge in [0.05, 0.1) is 11.1 Å². The van der Waals surface area contributed by atoms with Crippen LogP contribution in [0.1, 0.15) is 42.5 Å². The summed E-state index contributed by atoms with van der Waals surface area (Å²) < 4.78 is 40.0. The van der Waals surface area contributed by atoms with Crippen molar-refractivity contribution in [1.29, 1.82) is 0 Å². The zero-order chi connectivity index (χ0) is 15.6. The van der Waals surface area contributed by atoms with Crippen LogP contribution < -0.4 is 11.1 Å². The number of benzene rings is 1. The van der Waals surface area contributed by atoms with Crippen LogP contribution in [0.5, 0.6) is 5.75 Å². The number of phenolic OH excluding ortho intramolecular Hbond substituents is 1. The minimum absolute atomic E-state index is 0.177. The molecule has 21 heavy (non-hydrogen) atoms. The number of hydrogen-bond donors (Lipinski definition) is 3. The fraction of sp³-hybridized carbons (Fsp3) is 0.500. The Kier molecular flexibility index (Phi) is 4.41. The molecule has 116 valence electrons. The summed E-state index contributed by atoms with van der Waals surface area (Å²) in [5.41, 5.74) is 4.30. The maximum Gasteiger partial charge on any atom is 0.254 e. The molecule has 0 unspecified atom stereocenters. The van der Waals surface area contributed by atoms with Crippen molar-refractivity contribution in [3.05, 3.63) is 29.1 Å². The van der Waals surface area contributed by atoms with Gasteiger partial charge in [0.15, 0.2) is 17.4 Å². The zero-order valence-electron chi connectivity index (χ0n) is 11.4. The van der Waals surface area contributed by atoms with Gasteiger partial charge in [-0.25, -0.2) is 8.78 Å². The maximum atomic E-state index is 13.7. The predicted molar refractivity (Wildman–Crippen MR) is 70.3 cm³/mol. The zero-order valence-corrected chi connectivity index (χ0v) is 11.4. The summed E-state index contributed by atoms with van der Waals surface area (Å²) >= 11 is 0. The average Bonchev–Trinajstić information content (AvgIpc) is 2.49. The van der Waals surface area contributed by atoms with E-state index in [0.717, 1.165) is 19.3 Å². The van der Waals surface area contributed by atoms with Crippen molar-refractivity contribution in [3.63, 3.8) is 0 Å². The van der Waals surface area contributed by atoms with Gasteiger partial charge in [-0.1, -0.05) is 19.3 Å². The second-order valence-corrected chi connectivity index (χ2v) is 5.38. The van der Waals surface area contributed by atoms with Gasteiger partial charge in [-0.15, -0.1) is 0 Å². The second-order valence-electron chi connectivity index (χ2n) is 5.38. The Balaban J connectivity index is 2.28. The van der Waals surface area contributed by atoms with E-state index in [1.165, 1.54) is 0 Å². The van der Waals surface area contributed by atoms with Crippen LogP contribution in [0.2, 0.25) is 0 Å². The first-order valence-corrected chi connectivity index (χ1v) is 6.79. The highest BCUT2D eigenvalue weighted by Crippen LogP contribution is 2.29. The summed E-state index contributed by atoms with van der Waals surface area (Å²) in [6, 6.07) is 0.437. The number of phenols is 1. The molecule has 1 aromatic carbocycles. The van der Waals surface area contributed by atoms with Gasteiger partial charge in [0.2, 0.25) is 5.82 Å². The van der Waals surface area contributed by atoms with Crippen LogP contribution in [0.15, 0.2) is 6.07 Å². The number of carbonyl (C=O) groups is 1. The van der Waals surface area contributed by atoms with Crippen LogP contribution in [0.3, 0.4) is 0 Å². The van der Waals surface area contributed by atoms with Crippen LogP contribution in [0, 0.1) is 17.5 Å². The van der Waals surface area contributed by atoms with Crippen LogP contribution in [-0.4, -0.2) is 23.1 Å². The largest absolute Gasteiger partial charge is 0.503 e. The van der Waals surface area contributed by atoms with E-state index in [9.17, 15) is 18.0 Å². The first-order valence-electron chi connectivity index (χ1n) is 6.79. The van der Waals surface area contributed by atoms with Crippen molar-refractivity contribution in [2.75, 3.05) is 6.54 Å². The van der Waals surface area contributed by atoms with Gasteiger partial charge in [0.1, 0.15) is 0 Å². The predicted octanol–water partition coefficient (Wildman–Crippen LogP) is 2.20. The Morgan fingerprint density at radius 2 is 1.86 bits per heavy atom. The lowest BCUT2D eigenvalue weighted by molar-refractivity contribution is 0.0868. The van der Waals surface area contributed by atoms with Gasteiger partial charge < -0.3 is 16.2 Å². The van der Waals surface area contributed by atoms with Gasteiger partial charge in [-0.05, 0) is 18.9 Å². The molecule has 0 radical (unpaired) electrons. The summed E-state index contributed by atoms with van der Waals surface area (Å²) in [4.78, 5) is 12.1. The van der Waals surface area contributed by atoms with E-state index >= 15 is 0 Å². The van der Waals surface area contributed by atoms with Crippen LogP contribution in [0.4, 0.5) is 13.2 Å². The molecule has 1 aliphatic carbocycles. The number of nitrogens with one attached hydrogen (secondary N) is 1. The first kappa shape index (κ1) is 15.6. The summed E-state index contributed by atoms with van der Waals surface area (Å²) in [6.45, 7) is 0.177. The monoisotopic (exact) mass is 302 g/mol. The Hall–Kier alpha value is -1.76. The average molecular weight is 302 g/mol. The topological polar surface area (TPSA) is 75.3 Å². The lowest BCUT2D eigenvalue weighted by Crippen LogP contribution is -2.54. The van der Waals surface area contributed by atoms with Crippen molar-refractivity contribution < 1.29 is 23.1 Å². The molecule has 7 heteroatoms. The standard InChI is InChI=1S/C14H17F3N2O2/c15-9-6-8(10(16)12(20)11(9)17)13(21)19-14(7-18)4-2-1-3-5-14/h6,20H,1-5,7,18H2,(H,19,21). The molecular formula is C14H17F3N2O2. The lowest BCUT2D eigenvalue weighted by atomic mass is 9.81. The smallest absolute Gasteiger partial charge is 0.254 e. The number of amides is 1. The van der Waals surface area contributed by atoms with Crippen molar-refractivity contribution in [1.82, 2.24) is 5.32 Å². The van der Waals surface area contributed by atoms with Crippen LogP contribution in [0.25, 0.3) is 0 Å². The third kappa shape index (κ3) is 2.97. The van der Waals surface area contributed by atoms with E-state index in [-0.39, 0.29) is 6.54 Å². The molecule has 0 atom stereocenters. The summed E-state index contributed by atoms with van der Waals surface area (Å²) in [6.07, 6.45) is 4.07.